The van der Waals surface area contributed by atoms with Crippen molar-refractivity contribution in [1.82, 2.24) is 0 Å². The van der Waals surface area contributed by atoms with Gasteiger partial charge in [0.2, 0.25) is 0 Å². The van der Waals surface area contributed by atoms with Crippen molar-refractivity contribution in [2.75, 3.05) is 0 Å². The Balaban J connectivity index is 0.00000169. The van der Waals surface area contributed by atoms with Crippen LogP contribution in [0.3, 0.4) is 0 Å². The Hall–Kier alpha value is 0.324. The molecule has 0 aliphatic rings. The van der Waals surface area contributed by atoms with E-state index in [-0.39, 0.29) is 32.7 Å². The molecule has 0 amide bonds. The van der Waals surface area contributed by atoms with Gasteiger partial charge in [0.05, 0.1) is 0 Å². The quantitative estimate of drug-likeness (QED) is 0.728. The SMILES string of the molecule is CCc1c[c-]ccc1C(C)C(C)C.[Y]. The maximum Gasteiger partial charge on any atom is 0 e. The van der Waals surface area contributed by atoms with Crippen molar-refractivity contribution < 1.29 is 32.7 Å². The van der Waals surface area contributed by atoms with E-state index in [1.165, 1.54) is 11.1 Å². The van der Waals surface area contributed by atoms with Crippen LogP contribution in [0.4, 0.5) is 0 Å². The summed E-state index contributed by atoms with van der Waals surface area (Å²) in [6.45, 7) is 9.07. The van der Waals surface area contributed by atoms with Gasteiger partial charge >= 0.3 is 0 Å². The Morgan fingerprint density at radius 1 is 1.29 bits per heavy atom. The molecule has 0 aliphatic carbocycles. The van der Waals surface area contributed by atoms with Gasteiger partial charge in [0.15, 0.2) is 0 Å². The van der Waals surface area contributed by atoms with Crippen LogP contribution in [-0.2, 0) is 39.1 Å². The predicted molar refractivity (Wildman–Crippen MR) is 57.9 cm³/mol. The summed E-state index contributed by atoms with van der Waals surface area (Å²) in [6, 6.07) is 9.50. The van der Waals surface area contributed by atoms with E-state index in [0.717, 1.165) is 6.42 Å². The summed E-state index contributed by atoms with van der Waals surface area (Å²) in [4.78, 5) is 0. The van der Waals surface area contributed by atoms with Gasteiger partial charge in [-0.1, -0.05) is 34.1 Å². The molecule has 0 N–H and O–H groups in total. The van der Waals surface area contributed by atoms with Crippen LogP contribution in [0, 0.1) is 12.0 Å². The van der Waals surface area contributed by atoms with Crippen molar-refractivity contribution in [2.24, 2.45) is 5.92 Å². The maximum atomic E-state index is 3.15. The third-order valence-electron chi connectivity index (χ3n) is 2.86. The third-order valence-corrected chi connectivity index (χ3v) is 2.86. The van der Waals surface area contributed by atoms with Gasteiger partial charge < -0.3 is 0 Å². The second kappa shape index (κ2) is 6.74. The zero-order valence-electron chi connectivity index (χ0n) is 9.67. The Labute approximate surface area is 113 Å². The Bertz CT molecular complexity index is 266. The molecule has 0 aromatic heterocycles. The molecule has 0 spiro atoms. The molecule has 14 heavy (non-hydrogen) atoms. The molecule has 1 heteroatoms. The summed E-state index contributed by atoms with van der Waals surface area (Å²) in [7, 11) is 0. The van der Waals surface area contributed by atoms with E-state index in [0.29, 0.717) is 11.8 Å². The summed E-state index contributed by atoms with van der Waals surface area (Å²) in [5.74, 6) is 1.37. The number of benzene rings is 1. The molecule has 75 valence electrons. The normalized spacial score (nSPS) is 12.4. The van der Waals surface area contributed by atoms with Gasteiger partial charge in [-0.15, -0.1) is 0 Å². The van der Waals surface area contributed by atoms with Crippen molar-refractivity contribution in [3.63, 3.8) is 0 Å². The zero-order chi connectivity index (χ0) is 9.84. The van der Waals surface area contributed by atoms with E-state index in [1.54, 1.807) is 0 Å². The van der Waals surface area contributed by atoms with E-state index in [1.807, 2.05) is 6.07 Å². The molecular formula is C13H19Y-. The largest absolute Gasteiger partial charge is 0.184 e. The van der Waals surface area contributed by atoms with Crippen LogP contribution in [-0.4, -0.2) is 0 Å². The molecule has 0 saturated heterocycles. The van der Waals surface area contributed by atoms with Gasteiger partial charge in [0, 0.05) is 32.7 Å². The molecule has 1 unspecified atom stereocenters. The van der Waals surface area contributed by atoms with Gasteiger partial charge in [-0.2, -0.15) is 35.4 Å². The molecule has 0 saturated carbocycles. The first-order chi connectivity index (χ1) is 6.16. The summed E-state index contributed by atoms with van der Waals surface area (Å²) in [5, 5.41) is 0. The first-order valence-electron chi connectivity index (χ1n) is 5.15. The minimum atomic E-state index is 0. The van der Waals surface area contributed by atoms with Crippen LogP contribution >= 0.6 is 0 Å². The topological polar surface area (TPSA) is 0 Å². The third kappa shape index (κ3) is 3.48. The van der Waals surface area contributed by atoms with Crippen LogP contribution in [0.15, 0.2) is 18.2 Å². The summed E-state index contributed by atoms with van der Waals surface area (Å²) in [5.41, 5.74) is 2.94. The summed E-state index contributed by atoms with van der Waals surface area (Å²) in [6.07, 6.45) is 1.11. The number of aryl methyl sites for hydroxylation is 1. The van der Waals surface area contributed by atoms with Crippen molar-refractivity contribution in [1.29, 1.82) is 0 Å². The Kier molecular flexibility index (Phi) is 6.90. The van der Waals surface area contributed by atoms with E-state index >= 15 is 0 Å². The van der Waals surface area contributed by atoms with Crippen molar-refractivity contribution >= 4 is 0 Å². The van der Waals surface area contributed by atoms with Gasteiger partial charge in [-0.05, 0) is 11.8 Å². The summed E-state index contributed by atoms with van der Waals surface area (Å²) >= 11 is 0. The van der Waals surface area contributed by atoms with Crippen molar-refractivity contribution in [3.8, 4) is 0 Å². The molecule has 1 radical (unpaired) electrons. The van der Waals surface area contributed by atoms with Crippen molar-refractivity contribution in [2.45, 2.75) is 40.0 Å². The summed E-state index contributed by atoms with van der Waals surface area (Å²) < 4.78 is 0. The van der Waals surface area contributed by atoms with Crippen molar-refractivity contribution in [3.05, 3.63) is 35.4 Å². The average Bonchev–Trinajstić information content (AvgIpc) is 2.16. The number of hydrogen-bond donors (Lipinski definition) is 0. The van der Waals surface area contributed by atoms with Gasteiger partial charge in [-0.3, -0.25) is 0 Å². The molecule has 1 rings (SSSR count). The van der Waals surface area contributed by atoms with Crippen LogP contribution < -0.4 is 0 Å². The molecule has 0 bridgehead atoms. The van der Waals surface area contributed by atoms with Gasteiger partial charge in [0.1, 0.15) is 0 Å². The molecule has 0 fully saturated rings. The molecule has 1 aromatic carbocycles. The first-order valence-corrected chi connectivity index (χ1v) is 5.15. The predicted octanol–water partition coefficient (Wildman–Crippen LogP) is 3.81. The molecule has 0 nitrogen and oxygen atoms in total. The van der Waals surface area contributed by atoms with Crippen LogP contribution in [0.5, 0.6) is 0 Å². The van der Waals surface area contributed by atoms with E-state index < -0.39 is 0 Å². The second-order valence-corrected chi connectivity index (χ2v) is 4.01. The van der Waals surface area contributed by atoms with Crippen LogP contribution in [0.25, 0.3) is 0 Å². The van der Waals surface area contributed by atoms with E-state index in [2.05, 4.69) is 45.9 Å². The number of rotatable bonds is 3. The van der Waals surface area contributed by atoms with E-state index in [9.17, 15) is 0 Å². The standard InChI is InChI=1S/C13H19.Y/c1-5-12-8-6-7-9-13(12)11(4)10(2)3;/h7-11H,5H2,1-4H3;/q-1;. The van der Waals surface area contributed by atoms with Crippen LogP contribution in [0.2, 0.25) is 0 Å². The Morgan fingerprint density at radius 3 is 2.43 bits per heavy atom. The molecule has 1 atom stereocenters. The molecule has 0 aliphatic heterocycles. The van der Waals surface area contributed by atoms with Crippen LogP contribution in [0.1, 0.15) is 44.7 Å². The van der Waals surface area contributed by atoms with E-state index in [4.69, 9.17) is 0 Å². The molecule has 0 heterocycles. The zero-order valence-corrected chi connectivity index (χ0v) is 12.5. The minimum absolute atomic E-state index is 0. The fourth-order valence-electron chi connectivity index (χ4n) is 1.59. The second-order valence-electron chi connectivity index (χ2n) is 4.01. The van der Waals surface area contributed by atoms with Gasteiger partial charge in [-0.25, -0.2) is 0 Å². The fraction of sp³-hybridized carbons (Fsp3) is 0.538. The number of hydrogen-bond acceptors (Lipinski definition) is 0. The van der Waals surface area contributed by atoms with Gasteiger partial charge in [0.25, 0.3) is 0 Å². The minimum Gasteiger partial charge on any atom is -0.184 e. The Morgan fingerprint density at radius 2 is 1.93 bits per heavy atom. The monoisotopic (exact) mass is 264 g/mol. The first kappa shape index (κ1) is 14.3. The smallest absolute Gasteiger partial charge is 0 e. The average molecular weight is 264 g/mol. The fourth-order valence-corrected chi connectivity index (χ4v) is 1.59. The molecule has 1 aromatic rings. The molecular weight excluding hydrogens is 245 g/mol. The maximum absolute atomic E-state index is 3.15.